The van der Waals surface area contributed by atoms with Crippen molar-refractivity contribution in [3.63, 3.8) is 0 Å². The van der Waals surface area contributed by atoms with Gasteiger partial charge in [0.2, 0.25) is 5.91 Å². The molecule has 2 aliphatic rings. The lowest BCUT2D eigenvalue weighted by atomic mass is 9.99. The Hall–Kier alpha value is -4.21. The molecule has 2 heterocycles. The highest BCUT2D eigenvalue weighted by molar-refractivity contribution is 6.29. The predicted octanol–water partition coefficient (Wildman–Crippen LogP) is 5.94. The van der Waals surface area contributed by atoms with Crippen LogP contribution >= 0.6 is 0 Å². The molecule has 1 unspecified atom stereocenters. The van der Waals surface area contributed by atoms with Crippen molar-refractivity contribution in [3.8, 4) is 11.5 Å². The number of hydrogen-bond donors (Lipinski definition) is 4. The third-order valence-electron chi connectivity index (χ3n) is 7.27. The van der Waals surface area contributed by atoms with Gasteiger partial charge in [-0.2, -0.15) is 0 Å². The van der Waals surface area contributed by atoms with Crippen molar-refractivity contribution in [1.82, 2.24) is 15.5 Å². The number of amides is 1. The summed E-state index contributed by atoms with van der Waals surface area (Å²) in [6.07, 6.45) is 10.00. The van der Waals surface area contributed by atoms with Gasteiger partial charge in [-0.15, -0.1) is 0 Å². The molecular weight excluding hydrogens is 564 g/mol. The molecule has 1 atom stereocenters. The molecule has 0 aromatic heterocycles. The van der Waals surface area contributed by atoms with Crippen LogP contribution in [0.2, 0.25) is 0 Å². The minimum absolute atomic E-state index is 0.0155. The molecule has 0 radical (unpaired) electrons. The van der Waals surface area contributed by atoms with Crippen molar-refractivity contribution < 1.29 is 14.3 Å². The average molecular weight is 615 g/mol. The van der Waals surface area contributed by atoms with Gasteiger partial charge in [0.15, 0.2) is 0 Å². The normalized spacial score (nSPS) is 18.0. The van der Waals surface area contributed by atoms with Crippen LogP contribution in [0.25, 0.3) is 0 Å². The van der Waals surface area contributed by atoms with Crippen LogP contribution in [0.4, 0.5) is 0 Å². The van der Waals surface area contributed by atoms with Gasteiger partial charge in [0.05, 0.1) is 17.3 Å². The van der Waals surface area contributed by atoms with E-state index in [0.717, 1.165) is 44.6 Å². The molecule has 0 bridgehead atoms. The maximum Gasteiger partial charge on any atom is 0.246 e. The molecule has 1 amide bonds. The van der Waals surface area contributed by atoms with E-state index < -0.39 is 0 Å². The van der Waals surface area contributed by atoms with Crippen molar-refractivity contribution in [1.29, 1.82) is 5.41 Å². The summed E-state index contributed by atoms with van der Waals surface area (Å²) >= 11 is 0. The number of carbonyl (C=O) groups excluding carboxylic acids is 1. The molecule has 9 heteroatoms. The van der Waals surface area contributed by atoms with E-state index in [9.17, 15) is 4.79 Å². The second kappa shape index (κ2) is 19.2. The number of nitrogens with two attached hydrogens (primary N) is 1. The summed E-state index contributed by atoms with van der Waals surface area (Å²) in [5, 5.41) is 15.6. The standard InChI is InChI=1S/C33H42N6O3.C3H8/c1-3-36-33(31(24(2)34)32(35)25-13-15-29(16-14-25)42-28-10-5-4-6-11-28)38-27-9-8-20-39(23-27)30(40)12-7-19-37-26-17-21-41-22-18-26;1-3-2/h3-7,10-16,26-27,35,37H,1,8-9,17-23,34H2,2H3,(H,36,38);3H2,1-2H3/b12-7+,31-24+,35-32?;. The zero-order valence-electron chi connectivity index (χ0n) is 27.1. The van der Waals surface area contributed by atoms with E-state index in [1.807, 2.05) is 65.6 Å². The molecule has 45 heavy (non-hydrogen) atoms. The number of para-hydroxylation sites is 1. The smallest absolute Gasteiger partial charge is 0.246 e. The fourth-order valence-corrected chi connectivity index (χ4v) is 5.08. The third-order valence-corrected chi connectivity index (χ3v) is 7.27. The molecule has 4 rings (SSSR count). The summed E-state index contributed by atoms with van der Waals surface area (Å²) in [6, 6.07) is 17.2. The van der Waals surface area contributed by atoms with E-state index in [4.69, 9.17) is 25.6 Å². The molecule has 242 valence electrons. The van der Waals surface area contributed by atoms with E-state index in [1.54, 1.807) is 13.0 Å². The second-order valence-corrected chi connectivity index (χ2v) is 11.2. The Morgan fingerprint density at radius 2 is 1.78 bits per heavy atom. The molecule has 2 saturated heterocycles. The number of nitrogens with one attached hydrogen (secondary N) is 3. The number of benzene rings is 2. The maximum atomic E-state index is 12.9. The SMILES string of the molecule is C=CNC(=NC1CCCN(C(=O)/C=C/CNC2CCOCC2)C1)/C(C(=N)c1ccc(Oc2ccccc2)cc1)=C(\C)N.CCC. The number of rotatable bonds is 11. The molecule has 2 aliphatic heterocycles. The van der Waals surface area contributed by atoms with Gasteiger partial charge >= 0.3 is 0 Å². The van der Waals surface area contributed by atoms with Gasteiger partial charge in [-0.05, 0) is 75.2 Å². The lowest BCUT2D eigenvalue weighted by Gasteiger charge is -2.31. The Bertz CT molecular complexity index is 1310. The zero-order valence-corrected chi connectivity index (χ0v) is 27.1. The van der Waals surface area contributed by atoms with Crippen molar-refractivity contribution >= 4 is 17.5 Å². The fraction of sp³-hybridized carbons (Fsp3) is 0.417. The summed E-state index contributed by atoms with van der Waals surface area (Å²) in [5.41, 5.74) is 8.18. The molecule has 2 aromatic carbocycles. The summed E-state index contributed by atoms with van der Waals surface area (Å²) in [6.45, 7) is 13.2. The second-order valence-electron chi connectivity index (χ2n) is 11.2. The monoisotopic (exact) mass is 614 g/mol. The number of ether oxygens (including phenoxy) is 2. The van der Waals surface area contributed by atoms with E-state index in [2.05, 4.69) is 31.1 Å². The van der Waals surface area contributed by atoms with Crippen molar-refractivity contribution in [2.45, 2.75) is 65.0 Å². The molecule has 0 spiro atoms. The molecular formula is C36H50N6O3. The van der Waals surface area contributed by atoms with Gasteiger partial charge < -0.3 is 30.7 Å². The third kappa shape index (κ3) is 11.7. The highest BCUT2D eigenvalue weighted by atomic mass is 16.5. The Morgan fingerprint density at radius 3 is 2.42 bits per heavy atom. The maximum absolute atomic E-state index is 12.9. The number of nitrogens with zero attached hydrogens (tertiary/aromatic N) is 2. The van der Waals surface area contributed by atoms with Gasteiger partial charge in [-0.3, -0.25) is 15.2 Å². The summed E-state index contributed by atoms with van der Waals surface area (Å²) < 4.78 is 11.3. The van der Waals surface area contributed by atoms with Crippen LogP contribution in [-0.4, -0.2) is 67.3 Å². The Labute approximate surface area is 268 Å². The summed E-state index contributed by atoms with van der Waals surface area (Å²) in [4.78, 5) is 19.7. The van der Waals surface area contributed by atoms with Crippen LogP contribution in [0.15, 0.2) is 95.8 Å². The van der Waals surface area contributed by atoms with E-state index in [-0.39, 0.29) is 17.7 Å². The number of piperidine rings is 1. The number of hydrogen-bond acceptors (Lipinski definition) is 7. The van der Waals surface area contributed by atoms with Gasteiger partial charge in [0, 0.05) is 56.2 Å². The van der Waals surface area contributed by atoms with E-state index in [1.165, 1.54) is 12.6 Å². The van der Waals surface area contributed by atoms with Gasteiger partial charge in [0.25, 0.3) is 0 Å². The number of likely N-dealkylation sites (tertiary alicyclic amines) is 1. The van der Waals surface area contributed by atoms with Crippen molar-refractivity contribution in [3.05, 3.63) is 96.4 Å². The topological polar surface area (TPSA) is 125 Å². The van der Waals surface area contributed by atoms with Gasteiger partial charge in [-0.25, -0.2) is 0 Å². The quantitative estimate of drug-likeness (QED) is 0.141. The Balaban J connectivity index is 0.00000177. The molecule has 5 N–H and O–H groups in total. The zero-order chi connectivity index (χ0) is 32.4. The molecule has 2 fully saturated rings. The number of aliphatic imine (C=N–C) groups is 1. The fourth-order valence-electron chi connectivity index (χ4n) is 5.08. The number of amidine groups is 1. The number of allylic oxidation sites excluding steroid dienone is 1. The lowest BCUT2D eigenvalue weighted by Crippen LogP contribution is -2.42. The van der Waals surface area contributed by atoms with Gasteiger partial charge in [0.1, 0.15) is 17.3 Å². The van der Waals surface area contributed by atoms with Crippen LogP contribution in [0.1, 0.15) is 58.4 Å². The molecule has 9 nitrogen and oxygen atoms in total. The van der Waals surface area contributed by atoms with Crippen LogP contribution in [-0.2, 0) is 9.53 Å². The molecule has 0 saturated carbocycles. The van der Waals surface area contributed by atoms with E-state index in [0.29, 0.717) is 54.1 Å². The first kappa shape index (κ1) is 35.3. The Morgan fingerprint density at radius 1 is 1.11 bits per heavy atom. The summed E-state index contributed by atoms with van der Waals surface area (Å²) in [7, 11) is 0. The van der Waals surface area contributed by atoms with Crippen LogP contribution in [0, 0.1) is 5.41 Å². The first-order chi connectivity index (χ1) is 21.9. The Kier molecular flexibility index (Phi) is 15.1. The molecule has 0 aliphatic carbocycles. The van der Waals surface area contributed by atoms with Crippen LogP contribution in [0.3, 0.4) is 0 Å². The molecule has 2 aromatic rings. The van der Waals surface area contributed by atoms with Gasteiger partial charge in [-0.1, -0.05) is 51.1 Å². The summed E-state index contributed by atoms with van der Waals surface area (Å²) in [5.74, 6) is 1.87. The van der Waals surface area contributed by atoms with Crippen molar-refractivity contribution in [2.75, 3.05) is 32.8 Å². The average Bonchev–Trinajstić information content (AvgIpc) is 3.05. The largest absolute Gasteiger partial charge is 0.457 e. The minimum atomic E-state index is -0.136. The minimum Gasteiger partial charge on any atom is -0.457 e. The first-order valence-corrected chi connectivity index (χ1v) is 16.0. The highest BCUT2D eigenvalue weighted by Gasteiger charge is 2.24. The van der Waals surface area contributed by atoms with Crippen LogP contribution in [0.5, 0.6) is 11.5 Å². The highest BCUT2D eigenvalue weighted by Crippen LogP contribution is 2.23. The number of carbonyl (C=O) groups is 1. The van der Waals surface area contributed by atoms with E-state index >= 15 is 0 Å². The van der Waals surface area contributed by atoms with Crippen LogP contribution < -0.4 is 21.1 Å². The predicted molar refractivity (Wildman–Crippen MR) is 184 cm³/mol. The van der Waals surface area contributed by atoms with Crippen molar-refractivity contribution in [2.24, 2.45) is 10.7 Å². The first-order valence-electron chi connectivity index (χ1n) is 16.0. The lowest BCUT2D eigenvalue weighted by molar-refractivity contribution is -0.127.